The fourth-order valence-electron chi connectivity index (χ4n) is 2.07. The highest BCUT2D eigenvalue weighted by Gasteiger charge is 2.04. The van der Waals surface area contributed by atoms with Crippen LogP contribution >= 0.6 is 0 Å². The number of carbonyl (C=O) groups is 1. The zero-order valence-electron chi connectivity index (χ0n) is 11.7. The lowest BCUT2D eigenvalue weighted by molar-refractivity contribution is 0.0953. The average molecular weight is 268 g/mol. The minimum Gasteiger partial charge on any atom is -0.399 e. The highest BCUT2D eigenvalue weighted by Crippen LogP contribution is 2.07. The number of hydrogen-bond donors (Lipinski definition) is 2. The van der Waals surface area contributed by atoms with Gasteiger partial charge in [-0.15, -0.1) is 0 Å². The van der Waals surface area contributed by atoms with Gasteiger partial charge < -0.3 is 11.1 Å². The summed E-state index contributed by atoms with van der Waals surface area (Å²) in [7, 11) is 0. The first-order chi connectivity index (χ1) is 9.65. The summed E-state index contributed by atoms with van der Waals surface area (Å²) in [5.74, 6) is -0.00833. The van der Waals surface area contributed by atoms with Gasteiger partial charge in [0.05, 0.1) is 0 Å². The Kier molecular flexibility index (Phi) is 4.77. The summed E-state index contributed by atoms with van der Waals surface area (Å²) >= 11 is 0. The molecule has 1 amide bonds. The minimum atomic E-state index is -0.00833. The molecule has 3 N–H and O–H groups in total. The second-order valence-corrected chi connectivity index (χ2v) is 4.97. The zero-order valence-corrected chi connectivity index (χ0v) is 11.7. The number of carbonyl (C=O) groups excluding carboxylic acids is 1. The Morgan fingerprint density at radius 2 is 1.90 bits per heavy atom. The third kappa shape index (κ3) is 4.12. The van der Waals surface area contributed by atoms with Crippen molar-refractivity contribution in [3.8, 4) is 0 Å². The van der Waals surface area contributed by atoms with Crippen LogP contribution in [0.25, 0.3) is 0 Å². The van der Waals surface area contributed by atoms with Crippen LogP contribution in [0, 0.1) is 6.92 Å². The molecule has 0 saturated carbocycles. The zero-order chi connectivity index (χ0) is 14.4. The van der Waals surface area contributed by atoms with E-state index in [0.717, 1.165) is 29.7 Å². The number of anilines is 1. The van der Waals surface area contributed by atoms with Crippen LogP contribution < -0.4 is 11.1 Å². The van der Waals surface area contributed by atoms with Crippen LogP contribution in [0.2, 0.25) is 0 Å². The number of rotatable bonds is 5. The van der Waals surface area contributed by atoms with Gasteiger partial charge in [0, 0.05) is 17.8 Å². The first-order valence-corrected chi connectivity index (χ1v) is 6.84. The Hall–Kier alpha value is -2.29. The predicted octanol–water partition coefficient (Wildman–Crippen LogP) is 2.94. The average Bonchev–Trinajstić information content (AvgIpc) is 2.45. The monoisotopic (exact) mass is 268 g/mol. The molecule has 0 radical (unpaired) electrons. The van der Waals surface area contributed by atoms with Crippen LogP contribution in [-0.2, 0) is 6.42 Å². The Morgan fingerprint density at radius 3 is 2.60 bits per heavy atom. The molecular formula is C17H20N2O. The number of benzene rings is 2. The molecule has 0 aliphatic rings. The van der Waals surface area contributed by atoms with Crippen LogP contribution in [0.15, 0.2) is 48.5 Å². The van der Waals surface area contributed by atoms with E-state index < -0.39 is 0 Å². The van der Waals surface area contributed by atoms with Crippen molar-refractivity contribution in [1.82, 2.24) is 5.32 Å². The highest BCUT2D eigenvalue weighted by molar-refractivity contribution is 5.94. The first kappa shape index (κ1) is 14.1. The molecule has 104 valence electrons. The third-order valence-electron chi connectivity index (χ3n) is 3.19. The van der Waals surface area contributed by atoms with Gasteiger partial charge in [-0.2, -0.15) is 0 Å². The molecule has 3 heteroatoms. The van der Waals surface area contributed by atoms with Gasteiger partial charge in [0.2, 0.25) is 0 Å². The van der Waals surface area contributed by atoms with Crippen molar-refractivity contribution in [2.24, 2.45) is 0 Å². The summed E-state index contributed by atoms with van der Waals surface area (Å²) in [4.78, 5) is 11.9. The van der Waals surface area contributed by atoms with E-state index in [1.54, 1.807) is 0 Å². The molecule has 0 unspecified atom stereocenters. The van der Waals surface area contributed by atoms with Crippen molar-refractivity contribution < 1.29 is 4.79 Å². The molecule has 0 heterocycles. The van der Waals surface area contributed by atoms with Gasteiger partial charge in [-0.3, -0.25) is 4.79 Å². The maximum atomic E-state index is 11.9. The molecule has 2 rings (SSSR count). The van der Waals surface area contributed by atoms with E-state index in [2.05, 4.69) is 5.32 Å². The van der Waals surface area contributed by atoms with Gasteiger partial charge in [-0.05, 0) is 49.6 Å². The lowest BCUT2D eigenvalue weighted by atomic mass is 10.1. The Morgan fingerprint density at radius 1 is 1.15 bits per heavy atom. The molecule has 0 aliphatic carbocycles. The van der Waals surface area contributed by atoms with E-state index in [1.165, 1.54) is 5.56 Å². The normalized spacial score (nSPS) is 10.2. The number of aryl methyl sites for hydroxylation is 2. The van der Waals surface area contributed by atoms with Crippen molar-refractivity contribution in [3.05, 3.63) is 65.2 Å². The number of hydrogen-bond acceptors (Lipinski definition) is 2. The summed E-state index contributed by atoms with van der Waals surface area (Å²) in [6.45, 7) is 2.66. The number of nitrogens with one attached hydrogen (secondary N) is 1. The summed E-state index contributed by atoms with van der Waals surface area (Å²) in [6, 6.07) is 15.5. The molecule has 0 aromatic heterocycles. The Balaban J connectivity index is 1.76. The minimum absolute atomic E-state index is 0.00833. The fraction of sp³-hybridized carbons (Fsp3) is 0.235. The molecule has 0 bridgehead atoms. The molecule has 0 saturated heterocycles. The molecule has 0 spiro atoms. The summed E-state index contributed by atoms with van der Waals surface area (Å²) in [5.41, 5.74) is 9.48. The van der Waals surface area contributed by atoms with Gasteiger partial charge in [0.25, 0.3) is 5.91 Å². The van der Waals surface area contributed by atoms with E-state index in [4.69, 9.17) is 5.73 Å². The summed E-state index contributed by atoms with van der Waals surface area (Å²) in [5, 5.41) is 2.94. The fourth-order valence-corrected chi connectivity index (χ4v) is 2.07. The topological polar surface area (TPSA) is 55.1 Å². The highest BCUT2D eigenvalue weighted by atomic mass is 16.1. The van der Waals surface area contributed by atoms with Crippen LogP contribution in [0.3, 0.4) is 0 Å². The van der Waals surface area contributed by atoms with Crippen molar-refractivity contribution in [1.29, 1.82) is 0 Å². The smallest absolute Gasteiger partial charge is 0.251 e. The number of nitrogens with two attached hydrogens (primary N) is 1. The molecule has 2 aromatic rings. The maximum Gasteiger partial charge on any atom is 0.251 e. The quantitative estimate of drug-likeness (QED) is 0.647. The molecule has 2 aromatic carbocycles. The molecule has 20 heavy (non-hydrogen) atoms. The van der Waals surface area contributed by atoms with Crippen LogP contribution in [0.1, 0.15) is 27.9 Å². The number of nitrogen functional groups attached to an aromatic ring is 1. The second kappa shape index (κ2) is 6.75. The SMILES string of the molecule is Cc1cccc(C(=O)NCCCc2ccc(N)cc2)c1. The largest absolute Gasteiger partial charge is 0.399 e. The van der Waals surface area contributed by atoms with Crippen LogP contribution in [-0.4, -0.2) is 12.5 Å². The molecule has 0 aliphatic heterocycles. The summed E-state index contributed by atoms with van der Waals surface area (Å²) in [6.07, 6.45) is 1.86. The predicted molar refractivity (Wildman–Crippen MR) is 82.7 cm³/mol. The lowest BCUT2D eigenvalue weighted by Gasteiger charge is -2.06. The van der Waals surface area contributed by atoms with Gasteiger partial charge in [0.1, 0.15) is 0 Å². The van der Waals surface area contributed by atoms with Crippen molar-refractivity contribution in [3.63, 3.8) is 0 Å². The van der Waals surface area contributed by atoms with Gasteiger partial charge in [-0.25, -0.2) is 0 Å². The first-order valence-electron chi connectivity index (χ1n) is 6.84. The van der Waals surface area contributed by atoms with Crippen LogP contribution in [0.4, 0.5) is 5.69 Å². The maximum absolute atomic E-state index is 11.9. The van der Waals surface area contributed by atoms with Crippen molar-refractivity contribution in [2.75, 3.05) is 12.3 Å². The van der Waals surface area contributed by atoms with Gasteiger partial charge in [-0.1, -0.05) is 29.8 Å². The van der Waals surface area contributed by atoms with Crippen molar-refractivity contribution in [2.45, 2.75) is 19.8 Å². The molecule has 3 nitrogen and oxygen atoms in total. The third-order valence-corrected chi connectivity index (χ3v) is 3.19. The van der Waals surface area contributed by atoms with E-state index in [0.29, 0.717) is 6.54 Å². The van der Waals surface area contributed by atoms with E-state index in [-0.39, 0.29) is 5.91 Å². The van der Waals surface area contributed by atoms with Gasteiger partial charge in [0.15, 0.2) is 0 Å². The molecule has 0 fully saturated rings. The van der Waals surface area contributed by atoms with E-state index in [1.807, 2.05) is 55.5 Å². The summed E-state index contributed by atoms with van der Waals surface area (Å²) < 4.78 is 0. The lowest BCUT2D eigenvalue weighted by Crippen LogP contribution is -2.24. The number of amides is 1. The van der Waals surface area contributed by atoms with E-state index in [9.17, 15) is 4.79 Å². The van der Waals surface area contributed by atoms with Crippen molar-refractivity contribution >= 4 is 11.6 Å². The van der Waals surface area contributed by atoms with Crippen LogP contribution in [0.5, 0.6) is 0 Å². The Labute approximate surface area is 119 Å². The molecule has 0 atom stereocenters. The van der Waals surface area contributed by atoms with E-state index >= 15 is 0 Å². The Bertz CT molecular complexity index is 576. The molecular weight excluding hydrogens is 248 g/mol. The standard InChI is InChI=1S/C17H20N2O/c1-13-4-2-6-15(12-13)17(20)19-11-3-5-14-7-9-16(18)10-8-14/h2,4,6-10,12H,3,5,11,18H2,1H3,(H,19,20). The van der Waals surface area contributed by atoms with Gasteiger partial charge >= 0.3 is 0 Å². The second-order valence-electron chi connectivity index (χ2n) is 4.97.